The number of carbonyl (C=O) groups excluding carboxylic acids is 1. The van der Waals surface area contributed by atoms with Crippen molar-refractivity contribution in [3.63, 3.8) is 0 Å². The zero-order valence-corrected chi connectivity index (χ0v) is 19.1. The Morgan fingerprint density at radius 1 is 1.09 bits per heavy atom. The molecule has 1 saturated carbocycles. The number of halogens is 1. The number of carboxylic acid groups (broad SMARTS) is 1. The van der Waals surface area contributed by atoms with E-state index in [-0.39, 0.29) is 23.9 Å². The van der Waals surface area contributed by atoms with Gasteiger partial charge in [0.15, 0.2) is 0 Å². The third kappa shape index (κ3) is 3.94. The van der Waals surface area contributed by atoms with Crippen LogP contribution in [0.15, 0.2) is 24.4 Å². The largest absolute Gasteiger partial charge is 0.481 e. The third-order valence-corrected chi connectivity index (χ3v) is 8.13. The zero-order chi connectivity index (χ0) is 22.4. The van der Waals surface area contributed by atoms with Crippen LogP contribution in [0.4, 0.5) is 5.82 Å². The number of amides is 1. The second-order valence-corrected chi connectivity index (χ2v) is 10.3. The maximum absolute atomic E-state index is 13.3. The Morgan fingerprint density at radius 3 is 2.44 bits per heavy atom. The quantitative estimate of drug-likeness (QED) is 0.649. The van der Waals surface area contributed by atoms with E-state index in [1.165, 1.54) is 12.8 Å². The number of anilines is 1. The maximum Gasteiger partial charge on any atom is 0.306 e. The molecule has 3 fully saturated rings. The molecule has 2 unspecified atom stereocenters. The Morgan fingerprint density at radius 2 is 1.78 bits per heavy atom. The van der Waals surface area contributed by atoms with Crippen molar-refractivity contribution in [2.75, 3.05) is 5.32 Å². The second-order valence-electron chi connectivity index (χ2n) is 9.93. The summed E-state index contributed by atoms with van der Waals surface area (Å²) in [5, 5.41) is 15.2. The Kier molecular flexibility index (Phi) is 5.74. The summed E-state index contributed by atoms with van der Waals surface area (Å²) in [7, 11) is 0. The number of benzene rings is 1. The van der Waals surface area contributed by atoms with Gasteiger partial charge in [-0.2, -0.15) is 0 Å². The van der Waals surface area contributed by atoms with Gasteiger partial charge in [-0.3, -0.25) is 9.59 Å². The minimum absolute atomic E-state index is 0.0158. The first-order valence-electron chi connectivity index (χ1n) is 11.8. The van der Waals surface area contributed by atoms with Crippen molar-refractivity contribution in [1.82, 2.24) is 9.88 Å². The molecule has 3 heterocycles. The summed E-state index contributed by atoms with van der Waals surface area (Å²) < 4.78 is 0. The van der Waals surface area contributed by atoms with Crippen LogP contribution in [0.2, 0.25) is 5.02 Å². The lowest BCUT2D eigenvalue weighted by Gasteiger charge is -2.37. The number of pyridine rings is 1. The van der Waals surface area contributed by atoms with Crippen LogP contribution in [0.1, 0.15) is 68.6 Å². The highest BCUT2D eigenvalue weighted by molar-refractivity contribution is 6.37. The zero-order valence-electron chi connectivity index (χ0n) is 18.4. The lowest BCUT2D eigenvalue weighted by Crippen LogP contribution is -2.47. The summed E-state index contributed by atoms with van der Waals surface area (Å²) in [6.45, 7) is 2.30. The van der Waals surface area contributed by atoms with Crippen molar-refractivity contribution in [3.8, 4) is 0 Å². The molecule has 2 aromatic rings. The van der Waals surface area contributed by atoms with Gasteiger partial charge in [-0.15, -0.1) is 0 Å². The molecule has 170 valence electrons. The molecule has 1 aliphatic carbocycles. The van der Waals surface area contributed by atoms with Crippen LogP contribution in [-0.4, -0.2) is 45.0 Å². The topological polar surface area (TPSA) is 82.5 Å². The predicted octanol–water partition coefficient (Wildman–Crippen LogP) is 5.35. The van der Waals surface area contributed by atoms with Gasteiger partial charge in [-0.1, -0.05) is 24.6 Å². The first-order valence-corrected chi connectivity index (χ1v) is 12.2. The van der Waals surface area contributed by atoms with Crippen molar-refractivity contribution in [1.29, 1.82) is 0 Å². The lowest BCUT2D eigenvalue weighted by molar-refractivity contribution is -0.144. The number of fused-ring (bicyclic) bond motifs is 3. The molecule has 2 N–H and O–H groups in total. The molecule has 1 aromatic heterocycles. The van der Waals surface area contributed by atoms with E-state index in [0.717, 1.165) is 42.4 Å². The molecule has 7 heteroatoms. The summed E-state index contributed by atoms with van der Waals surface area (Å²) in [4.78, 5) is 31.3. The van der Waals surface area contributed by atoms with E-state index in [1.54, 1.807) is 6.20 Å². The fourth-order valence-electron chi connectivity index (χ4n) is 5.88. The van der Waals surface area contributed by atoms with Crippen LogP contribution in [0.3, 0.4) is 0 Å². The van der Waals surface area contributed by atoms with E-state index in [2.05, 4.69) is 17.2 Å². The molecular weight excluding hydrogens is 426 g/mol. The number of hydrogen-bond acceptors (Lipinski definition) is 4. The van der Waals surface area contributed by atoms with E-state index in [9.17, 15) is 14.7 Å². The van der Waals surface area contributed by atoms with Gasteiger partial charge >= 0.3 is 5.97 Å². The van der Waals surface area contributed by atoms with Crippen molar-refractivity contribution >= 4 is 40.1 Å². The van der Waals surface area contributed by atoms with Crippen LogP contribution in [0.25, 0.3) is 10.8 Å². The molecular formula is C25H30ClN3O3. The van der Waals surface area contributed by atoms with Crippen LogP contribution in [-0.2, 0) is 4.79 Å². The SMILES string of the molecule is CC1CCC(Nc2ncc3cc(C(=O)N4C5CCC4CC(C(=O)O)C5)ccc3c2Cl)CC1. The van der Waals surface area contributed by atoms with Crippen molar-refractivity contribution in [3.05, 3.63) is 35.0 Å². The molecule has 0 spiro atoms. The van der Waals surface area contributed by atoms with Gasteiger partial charge in [0.25, 0.3) is 5.91 Å². The summed E-state index contributed by atoms with van der Waals surface area (Å²) in [6, 6.07) is 6.05. The average Bonchev–Trinajstić information content (AvgIpc) is 3.05. The molecule has 5 rings (SSSR count). The second kappa shape index (κ2) is 8.54. The number of nitrogens with one attached hydrogen (secondary N) is 1. The molecule has 3 aliphatic rings. The molecule has 2 saturated heterocycles. The van der Waals surface area contributed by atoms with E-state index in [1.807, 2.05) is 23.1 Å². The maximum atomic E-state index is 13.3. The normalized spacial score (nSPS) is 29.8. The van der Waals surface area contributed by atoms with E-state index in [4.69, 9.17) is 11.6 Å². The highest BCUT2D eigenvalue weighted by Crippen LogP contribution is 2.40. The van der Waals surface area contributed by atoms with Crippen LogP contribution < -0.4 is 5.32 Å². The van der Waals surface area contributed by atoms with Gasteiger partial charge < -0.3 is 15.3 Å². The number of aliphatic carboxylic acids is 1. The van der Waals surface area contributed by atoms with E-state index >= 15 is 0 Å². The number of carbonyl (C=O) groups is 2. The first-order chi connectivity index (χ1) is 15.4. The highest BCUT2D eigenvalue weighted by atomic mass is 35.5. The fourth-order valence-corrected chi connectivity index (χ4v) is 6.15. The van der Waals surface area contributed by atoms with Gasteiger partial charge in [0.1, 0.15) is 5.82 Å². The smallest absolute Gasteiger partial charge is 0.306 e. The average molecular weight is 456 g/mol. The molecule has 2 atom stereocenters. The molecule has 0 radical (unpaired) electrons. The molecule has 32 heavy (non-hydrogen) atoms. The van der Waals surface area contributed by atoms with Gasteiger partial charge in [0, 0.05) is 40.7 Å². The van der Waals surface area contributed by atoms with Crippen molar-refractivity contribution in [2.45, 2.75) is 76.4 Å². The molecule has 1 amide bonds. The number of hydrogen-bond donors (Lipinski definition) is 2. The number of aromatic nitrogens is 1. The number of piperidine rings is 1. The number of nitrogens with zero attached hydrogens (tertiary/aromatic N) is 2. The van der Waals surface area contributed by atoms with Gasteiger partial charge in [0.2, 0.25) is 0 Å². The van der Waals surface area contributed by atoms with Gasteiger partial charge in [-0.05, 0) is 69.4 Å². The fraction of sp³-hybridized carbons (Fsp3) is 0.560. The standard InChI is InChI=1S/C25H30ClN3O3/c1-14-2-5-18(6-3-14)28-23-22(26)21-9-4-15(10-17(21)13-27-23)24(30)29-19-7-8-20(29)12-16(11-19)25(31)32/h4,9-10,13-14,16,18-20H,2-3,5-8,11-12H2,1H3,(H,27,28)(H,31,32). The summed E-state index contributed by atoms with van der Waals surface area (Å²) in [6.07, 6.45) is 9.36. The van der Waals surface area contributed by atoms with Crippen LogP contribution in [0.5, 0.6) is 0 Å². The van der Waals surface area contributed by atoms with E-state index < -0.39 is 5.97 Å². The summed E-state index contributed by atoms with van der Waals surface area (Å²) in [5.74, 6) is 0.403. The van der Waals surface area contributed by atoms with Crippen molar-refractivity contribution < 1.29 is 14.7 Å². The monoisotopic (exact) mass is 455 g/mol. The highest BCUT2D eigenvalue weighted by Gasteiger charge is 2.45. The molecule has 1 aromatic carbocycles. The van der Waals surface area contributed by atoms with Crippen LogP contribution >= 0.6 is 11.6 Å². The number of carboxylic acids is 1. The van der Waals surface area contributed by atoms with E-state index in [0.29, 0.717) is 35.3 Å². The Balaban J connectivity index is 1.35. The minimum Gasteiger partial charge on any atom is -0.481 e. The predicted molar refractivity (Wildman–Crippen MR) is 125 cm³/mol. The summed E-state index contributed by atoms with van der Waals surface area (Å²) >= 11 is 6.70. The molecule has 2 bridgehead atoms. The molecule has 2 aliphatic heterocycles. The summed E-state index contributed by atoms with van der Waals surface area (Å²) in [5.41, 5.74) is 0.614. The molecule has 6 nitrogen and oxygen atoms in total. The Bertz CT molecular complexity index is 1040. The Hall–Kier alpha value is -2.34. The van der Waals surface area contributed by atoms with Gasteiger partial charge in [-0.25, -0.2) is 4.98 Å². The lowest BCUT2D eigenvalue weighted by atomic mass is 9.87. The minimum atomic E-state index is -0.743. The Labute approximate surface area is 193 Å². The first kappa shape index (κ1) is 21.5. The van der Waals surface area contributed by atoms with Gasteiger partial charge in [0.05, 0.1) is 10.9 Å². The third-order valence-electron chi connectivity index (χ3n) is 7.75. The number of rotatable bonds is 4. The van der Waals surface area contributed by atoms with Crippen LogP contribution in [0, 0.1) is 11.8 Å². The van der Waals surface area contributed by atoms with Crippen molar-refractivity contribution in [2.24, 2.45) is 11.8 Å².